The van der Waals surface area contributed by atoms with E-state index in [-0.39, 0.29) is 18.6 Å². The van der Waals surface area contributed by atoms with Crippen molar-refractivity contribution in [3.63, 3.8) is 0 Å². The van der Waals surface area contributed by atoms with Crippen LogP contribution in [0, 0.1) is 5.92 Å². The number of tetrazole rings is 1. The highest BCUT2D eigenvalue weighted by Gasteiger charge is 2.29. The second-order valence-corrected chi connectivity index (χ2v) is 5.06. The monoisotopic (exact) mass is 287 g/mol. The second-order valence-electron chi connectivity index (χ2n) is 5.06. The molecule has 2 atom stereocenters. The molecule has 1 fully saturated rings. The molecule has 0 saturated carbocycles. The van der Waals surface area contributed by atoms with Crippen LogP contribution >= 0.6 is 0 Å². The SMILES string of the molecule is O=C(Cn1cnnn1)NC[C@H]1CCO[C@@H]1c1ccccc1. The van der Waals surface area contributed by atoms with E-state index in [4.69, 9.17) is 4.74 Å². The summed E-state index contributed by atoms with van der Waals surface area (Å²) in [6, 6.07) is 10.1. The highest BCUT2D eigenvalue weighted by Crippen LogP contribution is 2.33. The first-order valence-electron chi connectivity index (χ1n) is 6.97. The molecule has 0 radical (unpaired) electrons. The first kappa shape index (κ1) is 13.7. The third-order valence-electron chi connectivity index (χ3n) is 3.60. The molecule has 1 amide bonds. The van der Waals surface area contributed by atoms with Gasteiger partial charge < -0.3 is 10.1 Å². The molecule has 1 N–H and O–H groups in total. The molecule has 110 valence electrons. The number of nitrogens with one attached hydrogen (secondary N) is 1. The Bertz CT molecular complexity index is 572. The molecule has 7 heteroatoms. The minimum Gasteiger partial charge on any atom is -0.373 e. The summed E-state index contributed by atoms with van der Waals surface area (Å²) in [5.74, 6) is 0.200. The van der Waals surface area contributed by atoms with Crippen molar-refractivity contribution in [3.05, 3.63) is 42.2 Å². The average molecular weight is 287 g/mol. The van der Waals surface area contributed by atoms with Crippen LogP contribution in [0.3, 0.4) is 0 Å². The molecule has 0 bridgehead atoms. The van der Waals surface area contributed by atoms with E-state index in [2.05, 4.69) is 33.0 Å². The Morgan fingerprint density at radius 1 is 1.38 bits per heavy atom. The third-order valence-corrected chi connectivity index (χ3v) is 3.60. The summed E-state index contributed by atoms with van der Waals surface area (Å²) in [7, 11) is 0. The topological polar surface area (TPSA) is 81.9 Å². The number of ether oxygens (including phenoxy) is 1. The summed E-state index contributed by atoms with van der Waals surface area (Å²) < 4.78 is 7.20. The zero-order valence-electron chi connectivity index (χ0n) is 11.6. The Morgan fingerprint density at radius 2 is 2.24 bits per heavy atom. The number of carbonyl (C=O) groups is 1. The fraction of sp³-hybridized carbons (Fsp3) is 0.429. The summed E-state index contributed by atoms with van der Waals surface area (Å²) in [6.45, 7) is 1.46. The van der Waals surface area contributed by atoms with Crippen LogP contribution in [0.2, 0.25) is 0 Å². The molecule has 7 nitrogen and oxygen atoms in total. The van der Waals surface area contributed by atoms with Crippen LogP contribution in [-0.4, -0.2) is 39.3 Å². The van der Waals surface area contributed by atoms with E-state index in [1.807, 2.05) is 18.2 Å². The van der Waals surface area contributed by atoms with E-state index >= 15 is 0 Å². The van der Waals surface area contributed by atoms with Crippen molar-refractivity contribution in [3.8, 4) is 0 Å². The molecule has 2 heterocycles. The quantitative estimate of drug-likeness (QED) is 0.869. The van der Waals surface area contributed by atoms with Crippen LogP contribution in [0.25, 0.3) is 0 Å². The number of hydrogen-bond acceptors (Lipinski definition) is 5. The molecular weight excluding hydrogens is 270 g/mol. The fourth-order valence-corrected chi connectivity index (χ4v) is 2.55. The number of aromatic nitrogens is 4. The smallest absolute Gasteiger partial charge is 0.241 e. The Hall–Kier alpha value is -2.28. The van der Waals surface area contributed by atoms with Crippen LogP contribution in [-0.2, 0) is 16.1 Å². The first-order valence-corrected chi connectivity index (χ1v) is 6.97. The maximum absolute atomic E-state index is 11.8. The van der Waals surface area contributed by atoms with Crippen LogP contribution in [0.1, 0.15) is 18.1 Å². The molecule has 0 spiro atoms. The Kier molecular flexibility index (Phi) is 4.20. The van der Waals surface area contributed by atoms with Gasteiger partial charge in [0.2, 0.25) is 5.91 Å². The Labute approximate surface area is 122 Å². The van der Waals surface area contributed by atoms with Crippen LogP contribution in [0.15, 0.2) is 36.7 Å². The van der Waals surface area contributed by atoms with Gasteiger partial charge in [-0.2, -0.15) is 0 Å². The lowest BCUT2D eigenvalue weighted by Gasteiger charge is -2.19. The van der Waals surface area contributed by atoms with Crippen molar-refractivity contribution in [1.29, 1.82) is 0 Å². The summed E-state index contributed by atoms with van der Waals surface area (Å²) in [5.41, 5.74) is 1.16. The summed E-state index contributed by atoms with van der Waals surface area (Å²) in [6.07, 6.45) is 2.43. The van der Waals surface area contributed by atoms with Crippen molar-refractivity contribution < 1.29 is 9.53 Å². The normalized spacial score (nSPS) is 21.3. The van der Waals surface area contributed by atoms with Gasteiger partial charge in [0.25, 0.3) is 0 Å². The number of nitrogens with zero attached hydrogens (tertiary/aromatic N) is 4. The predicted molar refractivity (Wildman–Crippen MR) is 74.1 cm³/mol. The largest absolute Gasteiger partial charge is 0.373 e. The number of benzene rings is 1. The maximum Gasteiger partial charge on any atom is 0.241 e. The fourth-order valence-electron chi connectivity index (χ4n) is 2.55. The summed E-state index contributed by atoms with van der Waals surface area (Å²) in [4.78, 5) is 11.8. The van der Waals surface area contributed by atoms with Crippen molar-refractivity contribution in [2.24, 2.45) is 5.92 Å². The van der Waals surface area contributed by atoms with Gasteiger partial charge in [-0.1, -0.05) is 30.3 Å². The van der Waals surface area contributed by atoms with Gasteiger partial charge in [-0.05, 0) is 22.4 Å². The van der Waals surface area contributed by atoms with Gasteiger partial charge in [0.05, 0.1) is 6.10 Å². The van der Waals surface area contributed by atoms with Crippen molar-refractivity contribution >= 4 is 5.91 Å². The zero-order valence-corrected chi connectivity index (χ0v) is 11.6. The van der Waals surface area contributed by atoms with E-state index in [1.165, 1.54) is 11.0 Å². The molecule has 0 aliphatic carbocycles. The van der Waals surface area contributed by atoms with Crippen molar-refractivity contribution in [2.75, 3.05) is 13.2 Å². The molecular formula is C14H17N5O2. The molecule has 1 aliphatic rings. The lowest BCUT2D eigenvalue weighted by atomic mass is 9.95. The summed E-state index contributed by atoms with van der Waals surface area (Å²) in [5, 5.41) is 13.6. The van der Waals surface area contributed by atoms with Crippen molar-refractivity contribution in [1.82, 2.24) is 25.5 Å². The summed E-state index contributed by atoms with van der Waals surface area (Å²) >= 11 is 0. The lowest BCUT2D eigenvalue weighted by Crippen LogP contribution is -2.33. The van der Waals surface area contributed by atoms with E-state index in [9.17, 15) is 4.79 Å². The molecule has 1 aromatic carbocycles. The van der Waals surface area contributed by atoms with Gasteiger partial charge >= 0.3 is 0 Å². The van der Waals surface area contributed by atoms with E-state index in [1.54, 1.807) is 0 Å². The Morgan fingerprint density at radius 3 is 3.00 bits per heavy atom. The van der Waals surface area contributed by atoms with Gasteiger partial charge in [-0.25, -0.2) is 4.68 Å². The molecule has 1 aliphatic heterocycles. The predicted octanol–water partition coefficient (Wildman–Crippen LogP) is 0.567. The van der Waals surface area contributed by atoms with Gasteiger partial charge in [0.15, 0.2) is 0 Å². The minimum absolute atomic E-state index is 0.0551. The van der Waals surface area contributed by atoms with Crippen LogP contribution < -0.4 is 5.32 Å². The number of rotatable bonds is 5. The molecule has 2 aromatic rings. The average Bonchev–Trinajstić information content (AvgIpc) is 3.17. The first-order chi connectivity index (χ1) is 10.3. The van der Waals surface area contributed by atoms with E-state index in [0.29, 0.717) is 12.5 Å². The van der Waals surface area contributed by atoms with E-state index < -0.39 is 0 Å². The lowest BCUT2D eigenvalue weighted by molar-refractivity contribution is -0.122. The van der Waals surface area contributed by atoms with Gasteiger partial charge in [-0.15, -0.1) is 5.10 Å². The standard InChI is InChI=1S/C14H17N5O2/c20-13(9-19-10-16-17-18-19)15-8-12-6-7-21-14(12)11-4-2-1-3-5-11/h1-5,10,12,14H,6-9H2,(H,15,20)/t12-,14-/m1/s1. The molecule has 21 heavy (non-hydrogen) atoms. The van der Waals surface area contributed by atoms with Gasteiger partial charge in [0.1, 0.15) is 12.9 Å². The molecule has 3 rings (SSSR count). The van der Waals surface area contributed by atoms with Gasteiger partial charge in [0, 0.05) is 19.1 Å². The molecule has 1 saturated heterocycles. The Balaban J connectivity index is 1.53. The second kappa shape index (κ2) is 6.45. The number of hydrogen-bond donors (Lipinski definition) is 1. The van der Waals surface area contributed by atoms with Gasteiger partial charge in [-0.3, -0.25) is 4.79 Å². The molecule has 1 aromatic heterocycles. The maximum atomic E-state index is 11.8. The zero-order chi connectivity index (χ0) is 14.5. The number of amides is 1. The minimum atomic E-state index is -0.0963. The highest BCUT2D eigenvalue weighted by atomic mass is 16.5. The van der Waals surface area contributed by atoms with Crippen LogP contribution in [0.5, 0.6) is 0 Å². The number of carbonyl (C=O) groups excluding carboxylic acids is 1. The van der Waals surface area contributed by atoms with Crippen molar-refractivity contribution in [2.45, 2.75) is 19.1 Å². The highest BCUT2D eigenvalue weighted by molar-refractivity contribution is 5.75. The van der Waals surface area contributed by atoms with E-state index in [0.717, 1.165) is 18.6 Å². The molecule has 0 unspecified atom stereocenters. The third kappa shape index (κ3) is 3.43. The van der Waals surface area contributed by atoms with Crippen LogP contribution in [0.4, 0.5) is 0 Å².